The first kappa shape index (κ1) is 12.0. The topological polar surface area (TPSA) is 32.3 Å². The van der Waals surface area contributed by atoms with E-state index in [2.05, 4.69) is 10.2 Å². The molecule has 3 heteroatoms. The average Bonchev–Trinajstić information content (AvgIpc) is 2.81. The fraction of sp³-hybridized carbons (Fsp3) is 0.500. The minimum Gasteiger partial charge on any atom is -0.371 e. The molecule has 1 aliphatic heterocycles. The third-order valence-corrected chi connectivity index (χ3v) is 3.02. The van der Waals surface area contributed by atoms with E-state index in [-0.39, 0.29) is 11.9 Å². The van der Waals surface area contributed by atoms with Crippen LogP contribution in [0.5, 0.6) is 0 Å². The first-order valence-corrected chi connectivity index (χ1v) is 6.33. The van der Waals surface area contributed by atoms with Gasteiger partial charge in [0.2, 0.25) is 0 Å². The van der Waals surface area contributed by atoms with Crippen molar-refractivity contribution in [1.82, 2.24) is 5.32 Å². The van der Waals surface area contributed by atoms with E-state index in [9.17, 15) is 4.79 Å². The number of benzene rings is 1. The molecule has 0 unspecified atom stereocenters. The number of carbonyl (C=O) groups excluding carboxylic acids is 1. The van der Waals surface area contributed by atoms with Crippen LogP contribution in [0.15, 0.2) is 24.3 Å². The molecule has 1 saturated heterocycles. The Morgan fingerprint density at radius 3 is 2.53 bits per heavy atom. The van der Waals surface area contributed by atoms with E-state index in [4.69, 9.17) is 0 Å². The Kier molecular flexibility index (Phi) is 3.67. The lowest BCUT2D eigenvalue weighted by atomic mass is 10.1. The highest BCUT2D eigenvalue weighted by Gasteiger charge is 2.19. The van der Waals surface area contributed by atoms with Gasteiger partial charge in [-0.25, -0.2) is 0 Å². The molecule has 17 heavy (non-hydrogen) atoms. The van der Waals surface area contributed by atoms with Crippen LogP contribution in [0.3, 0.4) is 0 Å². The van der Waals surface area contributed by atoms with Crippen LogP contribution < -0.4 is 10.2 Å². The van der Waals surface area contributed by atoms with Gasteiger partial charge in [0.25, 0.3) is 5.91 Å². The fourth-order valence-corrected chi connectivity index (χ4v) is 2.24. The van der Waals surface area contributed by atoms with Gasteiger partial charge in [0, 0.05) is 24.8 Å². The summed E-state index contributed by atoms with van der Waals surface area (Å²) in [6.45, 7) is 6.09. The summed E-state index contributed by atoms with van der Waals surface area (Å²) in [5.41, 5.74) is 1.87. The zero-order valence-electron chi connectivity index (χ0n) is 10.6. The highest BCUT2D eigenvalue weighted by molar-refractivity contribution is 6.00. The molecule has 0 spiro atoms. The summed E-state index contributed by atoms with van der Waals surface area (Å²) >= 11 is 0. The zero-order chi connectivity index (χ0) is 12.3. The van der Waals surface area contributed by atoms with Gasteiger partial charge in [-0.3, -0.25) is 4.79 Å². The minimum atomic E-state index is 0.0301. The smallest absolute Gasteiger partial charge is 0.253 e. The molecule has 3 nitrogen and oxygen atoms in total. The molecule has 1 aromatic carbocycles. The average molecular weight is 232 g/mol. The van der Waals surface area contributed by atoms with Crippen molar-refractivity contribution < 1.29 is 4.79 Å². The van der Waals surface area contributed by atoms with Crippen LogP contribution >= 0.6 is 0 Å². The molecule has 1 amide bonds. The summed E-state index contributed by atoms with van der Waals surface area (Å²) in [4.78, 5) is 14.4. The molecule has 0 atom stereocenters. The summed E-state index contributed by atoms with van der Waals surface area (Å²) < 4.78 is 0. The lowest BCUT2D eigenvalue weighted by Gasteiger charge is -2.21. The molecule has 0 aliphatic carbocycles. The number of hydrogen-bond acceptors (Lipinski definition) is 2. The Labute approximate surface area is 103 Å². The molecule has 1 aromatic rings. The summed E-state index contributed by atoms with van der Waals surface area (Å²) in [6, 6.07) is 8.05. The molecule has 2 rings (SSSR count). The maximum atomic E-state index is 12.1. The Morgan fingerprint density at radius 2 is 1.88 bits per heavy atom. The summed E-state index contributed by atoms with van der Waals surface area (Å²) in [5, 5.41) is 2.96. The molecule has 0 bridgehead atoms. The fourth-order valence-electron chi connectivity index (χ4n) is 2.24. The quantitative estimate of drug-likeness (QED) is 0.868. The number of anilines is 1. The minimum absolute atomic E-state index is 0.0301. The molecule has 1 aliphatic rings. The second kappa shape index (κ2) is 5.21. The number of carbonyl (C=O) groups is 1. The van der Waals surface area contributed by atoms with Gasteiger partial charge in [-0.15, -0.1) is 0 Å². The molecule has 92 valence electrons. The van der Waals surface area contributed by atoms with Crippen molar-refractivity contribution >= 4 is 11.6 Å². The number of amides is 1. The van der Waals surface area contributed by atoms with Crippen molar-refractivity contribution in [3.05, 3.63) is 29.8 Å². The van der Waals surface area contributed by atoms with E-state index in [1.54, 1.807) is 0 Å². The van der Waals surface area contributed by atoms with Crippen molar-refractivity contribution in [1.29, 1.82) is 0 Å². The van der Waals surface area contributed by atoms with Crippen LogP contribution in [-0.2, 0) is 0 Å². The van der Waals surface area contributed by atoms with Crippen LogP contribution in [0.2, 0.25) is 0 Å². The van der Waals surface area contributed by atoms with E-state index in [0.29, 0.717) is 0 Å². The van der Waals surface area contributed by atoms with Crippen LogP contribution in [0.25, 0.3) is 0 Å². The maximum absolute atomic E-state index is 12.1. The Bertz CT molecular complexity index is 395. The van der Waals surface area contributed by atoms with Gasteiger partial charge in [-0.1, -0.05) is 12.1 Å². The van der Waals surface area contributed by atoms with Gasteiger partial charge in [-0.05, 0) is 38.8 Å². The predicted octanol–water partition coefficient (Wildman–Crippen LogP) is 2.43. The van der Waals surface area contributed by atoms with Crippen LogP contribution in [0, 0.1) is 0 Å². The number of nitrogens with one attached hydrogen (secondary N) is 1. The van der Waals surface area contributed by atoms with Crippen molar-refractivity contribution in [3.8, 4) is 0 Å². The molecule has 0 aromatic heterocycles. The van der Waals surface area contributed by atoms with E-state index < -0.39 is 0 Å². The lowest BCUT2D eigenvalue weighted by Crippen LogP contribution is -2.32. The second-order valence-corrected chi connectivity index (χ2v) is 4.84. The predicted molar refractivity (Wildman–Crippen MR) is 70.5 cm³/mol. The monoisotopic (exact) mass is 232 g/mol. The third-order valence-electron chi connectivity index (χ3n) is 3.02. The Morgan fingerprint density at radius 1 is 1.24 bits per heavy atom. The number of para-hydroxylation sites is 1. The number of nitrogens with zero attached hydrogens (tertiary/aromatic N) is 1. The van der Waals surface area contributed by atoms with Crippen molar-refractivity contribution in [3.63, 3.8) is 0 Å². The normalized spacial score (nSPS) is 15.4. The van der Waals surface area contributed by atoms with Crippen LogP contribution in [-0.4, -0.2) is 25.0 Å². The van der Waals surface area contributed by atoms with Crippen molar-refractivity contribution in [2.75, 3.05) is 18.0 Å². The lowest BCUT2D eigenvalue weighted by molar-refractivity contribution is 0.0943. The van der Waals surface area contributed by atoms with Crippen molar-refractivity contribution in [2.45, 2.75) is 32.7 Å². The van der Waals surface area contributed by atoms with E-state index >= 15 is 0 Å². The van der Waals surface area contributed by atoms with Gasteiger partial charge in [0.15, 0.2) is 0 Å². The summed E-state index contributed by atoms with van der Waals surface area (Å²) in [5.74, 6) is 0.0301. The first-order valence-electron chi connectivity index (χ1n) is 6.33. The maximum Gasteiger partial charge on any atom is 0.253 e. The molecular formula is C14H20N2O. The second-order valence-electron chi connectivity index (χ2n) is 4.84. The Balaban J connectivity index is 2.23. The third kappa shape index (κ3) is 2.78. The molecule has 0 saturated carbocycles. The zero-order valence-corrected chi connectivity index (χ0v) is 10.6. The summed E-state index contributed by atoms with van der Waals surface area (Å²) in [6.07, 6.45) is 2.44. The highest BCUT2D eigenvalue weighted by Crippen LogP contribution is 2.24. The van der Waals surface area contributed by atoms with Gasteiger partial charge in [0.05, 0.1) is 5.56 Å². The van der Waals surface area contributed by atoms with Crippen LogP contribution in [0.1, 0.15) is 37.0 Å². The van der Waals surface area contributed by atoms with Gasteiger partial charge in [-0.2, -0.15) is 0 Å². The van der Waals surface area contributed by atoms with E-state index in [1.165, 1.54) is 12.8 Å². The van der Waals surface area contributed by atoms with Gasteiger partial charge in [0.1, 0.15) is 0 Å². The molecule has 1 heterocycles. The van der Waals surface area contributed by atoms with Gasteiger partial charge < -0.3 is 10.2 Å². The van der Waals surface area contributed by atoms with Crippen molar-refractivity contribution in [2.24, 2.45) is 0 Å². The molecule has 0 radical (unpaired) electrons. The Hall–Kier alpha value is -1.51. The molecule has 1 fully saturated rings. The van der Waals surface area contributed by atoms with Crippen LogP contribution in [0.4, 0.5) is 5.69 Å². The summed E-state index contributed by atoms with van der Waals surface area (Å²) in [7, 11) is 0. The molecular weight excluding hydrogens is 212 g/mol. The number of rotatable bonds is 3. The first-order chi connectivity index (χ1) is 8.18. The highest BCUT2D eigenvalue weighted by atomic mass is 16.1. The number of hydrogen-bond donors (Lipinski definition) is 1. The molecule has 1 N–H and O–H groups in total. The largest absolute Gasteiger partial charge is 0.371 e. The van der Waals surface area contributed by atoms with E-state index in [0.717, 1.165) is 24.3 Å². The standard InChI is InChI=1S/C14H20N2O/c1-11(2)15-14(17)12-7-3-4-8-13(12)16-9-5-6-10-16/h3-4,7-8,11H,5-6,9-10H2,1-2H3,(H,15,17). The SMILES string of the molecule is CC(C)NC(=O)c1ccccc1N1CCCC1. The van der Waals surface area contributed by atoms with Gasteiger partial charge >= 0.3 is 0 Å². The van der Waals surface area contributed by atoms with E-state index in [1.807, 2.05) is 38.1 Å².